The van der Waals surface area contributed by atoms with E-state index in [0.29, 0.717) is 4.90 Å². The Labute approximate surface area is 148 Å². The zero-order chi connectivity index (χ0) is 18.9. The number of fused-ring (bicyclic) bond motifs is 1. The first kappa shape index (κ1) is 19.0. The van der Waals surface area contributed by atoms with Crippen molar-refractivity contribution in [2.75, 3.05) is 11.1 Å². The first-order valence-electron chi connectivity index (χ1n) is 7.49. The summed E-state index contributed by atoms with van der Waals surface area (Å²) in [5, 5.41) is 14.1. The largest absolute Gasteiger partial charge is 0.478 e. The molecule has 0 aromatic heterocycles. The van der Waals surface area contributed by atoms with Gasteiger partial charge in [0.05, 0.1) is 11.3 Å². The number of rotatable bonds is 2. The van der Waals surface area contributed by atoms with Crippen molar-refractivity contribution in [3.63, 3.8) is 0 Å². The zero-order valence-electron chi connectivity index (χ0n) is 14.2. The number of ether oxygens (including phenoxy) is 1. The molecule has 2 rings (SSSR count). The van der Waals surface area contributed by atoms with E-state index in [9.17, 15) is 18.8 Å². The lowest BCUT2D eigenvalue weighted by Gasteiger charge is -2.22. The fourth-order valence-electron chi connectivity index (χ4n) is 2.23. The predicted molar refractivity (Wildman–Crippen MR) is 90.6 cm³/mol. The van der Waals surface area contributed by atoms with Crippen LogP contribution in [-0.2, 0) is 9.53 Å². The molecule has 1 atom stereocenters. The van der Waals surface area contributed by atoms with E-state index in [1.165, 1.54) is 6.92 Å². The number of carboxylic acids is 1. The molecule has 1 aliphatic heterocycles. The number of thioether (sulfide) groups is 1. The first-order chi connectivity index (χ1) is 11.5. The molecule has 1 aliphatic rings. The van der Waals surface area contributed by atoms with Crippen LogP contribution in [0.2, 0.25) is 0 Å². The second-order valence-corrected chi connectivity index (χ2v) is 7.57. The smallest absolute Gasteiger partial charge is 0.408 e. The van der Waals surface area contributed by atoms with Gasteiger partial charge in [-0.05, 0) is 33.8 Å². The topological polar surface area (TPSA) is 105 Å². The summed E-state index contributed by atoms with van der Waals surface area (Å²) in [5.74, 6) is -2.63. The molecule has 0 saturated heterocycles. The van der Waals surface area contributed by atoms with Crippen molar-refractivity contribution in [1.29, 1.82) is 0 Å². The van der Waals surface area contributed by atoms with Gasteiger partial charge in [-0.3, -0.25) is 4.79 Å². The third kappa shape index (κ3) is 4.41. The van der Waals surface area contributed by atoms with Gasteiger partial charge in [0.15, 0.2) is 0 Å². The van der Waals surface area contributed by atoms with Crippen LogP contribution in [0.3, 0.4) is 0 Å². The van der Waals surface area contributed by atoms with Gasteiger partial charge in [-0.2, -0.15) is 0 Å². The van der Waals surface area contributed by atoms with Gasteiger partial charge in [0.25, 0.3) is 0 Å². The molecule has 0 aliphatic carbocycles. The highest BCUT2D eigenvalue weighted by molar-refractivity contribution is 7.99. The van der Waals surface area contributed by atoms with E-state index in [2.05, 4.69) is 10.6 Å². The van der Waals surface area contributed by atoms with E-state index < -0.39 is 41.0 Å². The number of halogens is 1. The first-order valence-corrected chi connectivity index (χ1v) is 8.47. The molecule has 0 spiro atoms. The maximum absolute atomic E-state index is 14.2. The number of anilines is 1. The van der Waals surface area contributed by atoms with Crippen LogP contribution in [0.4, 0.5) is 14.9 Å². The normalized spacial score (nSPS) is 17.2. The molecule has 0 saturated carbocycles. The number of aromatic carboxylic acids is 1. The molecule has 25 heavy (non-hydrogen) atoms. The Morgan fingerprint density at radius 2 is 2.08 bits per heavy atom. The predicted octanol–water partition coefficient (Wildman–Crippen LogP) is 2.77. The Morgan fingerprint density at radius 3 is 2.64 bits per heavy atom. The highest BCUT2D eigenvalue weighted by Gasteiger charge is 2.30. The van der Waals surface area contributed by atoms with Gasteiger partial charge in [0.1, 0.15) is 17.5 Å². The van der Waals surface area contributed by atoms with Crippen LogP contribution >= 0.6 is 11.8 Å². The molecule has 9 heteroatoms. The summed E-state index contributed by atoms with van der Waals surface area (Å²) in [6.45, 7) is 6.54. The second kappa shape index (κ2) is 6.91. The number of carboxylic acid groups (broad SMARTS) is 1. The number of carbonyl (C=O) groups is 3. The minimum Gasteiger partial charge on any atom is -0.478 e. The van der Waals surface area contributed by atoms with Crippen LogP contribution in [0.15, 0.2) is 11.0 Å². The number of amides is 2. The minimum absolute atomic E-state index is 0.137. The van der Waals surface area contributed by atoms with Crippen molar-refractivity contribution >= 4 is 35.4 Å². The SMILES string of the molecule is Cc1c(F)c(C(=O)O)cc2c1SC[C@H](NC(=O)OC(C)(C)C)C(=O)N2. The lowest BCUT2D eigenvalue weighted by molar-refractivity contribution is -0.117. The van der Waals surface area contributed by atoms with Gasteiger partial charge >= 0.3 is 12.1 Å². The lowest BCUT2D eigenvalue weighted by atomic mass is 10.1. The van der Waals surface area contributed by atoms with E-state index in [1.54, 1.807) is 20.8 Å². The average Bonchev–Trinajstić information content (AvgIpc) is 2.60. The molecule has 1 aromatic rings. The molecule has 3 N–H and O–H groups in total. The summed E-state index contributed by atoms with van der Waals surface area (Å²) in [6.07, 6.45) is -0.742. The number of hydrogen-bond donors (Lipinski definition) is 3. The van der Waals surface area contributed by atoms with E-state index in [0.717, 1.165) is 17.8 Å². The third-order valence-electron chi connectivity index (χ3n) is 3.33. The molecule has 0 unspecified atom stereocenters. The standard InChI is InChI=1S/C16H19FN2O5S/c1-7-11(17)8(14(21)22)5-9-12(7)25-6-10(13(20)18-9)19-15(23)24-16(2,3)4/h5,10H,6H2,1-4H3,(H,18,20)(H,19,23)(H,21,22)/t10-/m0/s1. The number of hydrogen-bond acceptors (Lipinski definition) is 5. The average molecular weight is 370 g/mol. The van der Waals surface area contributed by atoms with Crippen LogP contribution in [0.5, 0.6) is 0 Å². The number of nitrogens with one attached hydrogen (secondary N) is 2. The van der Waals surface area contributed by atoms with Crippen molar-refractivity contribution in [2.45, 2.75) is 44.2 Å². The van der Waals surface area contributed by atoms with Gasteiger partial charge in [-0.1, -0.05) is 0 Å². The fraction of sp³-hybridized carbons (Fsp3) is 0.438. The molecular weight excluding hydrogens is 351 g/mol. The molecule has 0 bridgehead atoms. The molecule has 0 radical (unpaired) electrons. The summed E-state index contributed by atoms with van der Waals surface area (Å²) in [5.41, 5.74) is -0.883. The van der Waals surface area contributed by atoms with Crippen molar-refractivity contribution < 1.29 is 28.6 Å². The van der Waals surface area contributed by atoms with E-state index in [4.69, 9.17) is 9.84 Å². The highest BCUT2D eigenvalue weighted by Crippen LogP contribution is 2.36. The fourth-order valence-corrected chi connectivity index (χ4v) is 3.37. The summed E-state index contributed by atoms with van der Waals surface area (Å²) >= 11 is 1.16. The van der Waals surface area contributed by atoms with Crippen molar-refractivity contribution in [2.24, 2.45) is 0 Å². The summed E-state index contributed by atoms with van der Waals surface area (Å²) in [6, 6.07) is 0.184. The Morgan fingerprint density at radius 1 is 1.44 bits per heavy atom. The maximum atomic E-state index is 14.2. The second-order valence-electron chi connectivity index (χ2n) is 6.54. The number of carbonyl (C=O) groups excluding carboxylic acids is 2. The van der Waals surface area contributed by atoms with Crippen LogP contribution in [0.1, 0.15) is 36.7 Å². The Kier molecular flexibility index (Phi) is 5.26. The van der Waals surface area contributed by atoms with Crippen molar-refractivity contribution in [1.82, 2.24) is 5.32 Å². The van der Waals surface area contributed by atoms with Crippen LogP contribution in [-0.4, -0.2) is 40.5 Å². The molecule has 136 valence electrons. The molecular formula is C16H19FN2O5S. The number of benzene rings is 1. The summed E-state index contributed by atoms with van der Waals surface area (Å²) in [7, 11) is 0. The van der Waals surface area contributed by atoms with E-state index in [-0.39, 0.29) is 17.0 Å². The summed E-state index contributed by atoms with van der Waals surface area (Å²) < 4.78 is 19.3. The zero-order valence-corrected chi connectivity index (χ0v) is 15.0. The molecule has 7 nitrogen and oxygen atoms in total. The lowest BCUT2D eigenvalue weighted by Crippen LogP contribution is -2.46. The molecule has 2 amide bonds. The highest BCUT2D eigenvalue weighted by atomic mass is 32.2. The van der Waals surface area contributed by atoms with Gasteiger partial charge < -0.3 is 20.5 Å². The third-order valence-corrected chi connectivity index (χ3v) is 4.64. The molecule has 1 aromatic carbocycles. The van der Waals surface area contributed by atoms with Crippen molar-refractivity contribution in [3.8, 4) is 0 Å². The Balaban J connectivity index is 2.24. The monoisotopic (exact) mass is 370 g/mol. The van der Waals surface area contributed by atoms with E-state index >= 15 is 0 Å². The van der Waals surface area contributed by atoms with Crippen LogP contribution in [0.25, 0.3) is 0 Å². The van der Waals surface area contributed by atoms with Gasteiger partial charge in [0, 0.05) is 16.2 Å². The Hall–Kier alpha value is -2.29. The molecule has 1 heterocycles. The minimum atomic E-state index is -1.42. The van der Waals surface area contributed by atoms with Gasteiger partial charge in [0.2, 0.25) is 5.91 Å². The van der Waals surface area contributed by atoms with Crippen LogP contribution < -0.4 is 10.6 Å². The quantitative estimate of drug-likeness (QED) is 0.739. The van der Waals surface area contributed by atoms with Crippen LogP contribution in [0, 0.1) is 12.7 Å². The number of alkyl carbamates (subject to hydrolysis) is 1. The van der Waals surface area contributed by atoms with E-state index in [1.807, 2.05) is 0 Å². The Bertz CT molecular complexity index is 745. The maximum Gasteiger partial charge on any atom is 0.408 e. The summed E-state index contributed by atoms with van der Waals surface area (Å²) in [4.78, 5) is 35.8. The van der Waals surface area contributed by atoms with Gasteiger partial charge in [-0.25, -0.2) is 14.0 Å². The van der Waals surface area contributed by atoms with Gasteiger partial charge in [-0.15, -0.1) is 11.8 Å². The van der Waals surface area contributed by atoms with Crippen molar-refractivity contribution in [3.05, 3.63) is 23.0 Å². The molecule has 0 fully saturated rings.